The highest BCUT2D eigenvalue weighted by Crippen LogP contribution is 2.22. The van der Waals surface area contributed by atoms with Gasteiger partial charge in [-0.1, -0.05) is 6.07 Å². The Labute approximate surface area is 120 Å². The van der Waals surface area contributed by atoms with Crippen LogP contribution in [-0.2, 0) is 9.53 Å². The number of ether oxygens (including phenoxy) is 2. The average Bonchev–Trinajstić information content (AvgIpc) is 3.10. The van der Waals surface area contributed by atoms with Gasteiger partial charge < -0.3 is 9.47 Å². The molecule has 0 radical (unpaired) electrons. The molecule has 0 amide bonds. The van der Waals surface area contributed by atoms with Gasteiger partial charge in [0.05, 0.1) is 7.11 Å². The minimum absolute atomic E-state index is 0.318. The molecule has 20 heavy (non-hydrogen) atoms. The highest BCUT2D eigenvalue weighted by atomic mass is 32.1. The van der Waals surface area contributed by atoms with Crippen LogP contribution in [0.1, 0.15) is 10.4 Å². The van der Waals surface area contributed by atoms with E-state index in [1.807, 2.05) is 17.5 Å². The van der Waals surface area contributed by atoms with E-state index in [0.29, 0.717) is 11.6 Å². The largest absolute Gasteiger partial charge is 0.497 e. The number of rotatable bonds is 3. The minimum Gasteiger partial charge on any atom is -0.497 e. The monoisotopic (exact) mass is 285 g/mol. The van der Waals surface area contributed by atoms with E-state index < -0.39 is 5.97 Å². The van der Waals surface area contributed by atoms with Crippen LogP contribution in [0.15, 0.2) is 52.5 Å². The zero-order valence-electron chi connectivity index (χ0n) is 10.7. The minimum atomic E-state index is -0.427. The second-order valence-corrected chi connectivity index (χ2v) is 5.06. The maximum Gasteiger partial charge on any atom is 0.363 e. The van der Waals surface area contributed by atoms with Crippen LogP contribution in [0, 0.1) is 0 Å². The van der Waals surface area contributed by atoms with Crippen molar-refractivity contribution in [3.63, 3.8) is 0 Å². The number of thiophene rings is 1. The molecular formula is C15H11NO3S. The van der Waals surface area contributed by atoms with E-state index in [1.54, 1.807) is 48.8 Å². The van der Waals surface area contributed by atoms with Gasteiger partial charge in [0.2, 0.25) is 5.90 Å². The SMILES string of the molecule is COc1ccc(C2=N/C(=C/c3cccs3)C(=O)O2)cc1. The molecule has 5 heteroatoms. The van der Waals surface area contributed by atoms with Crippen molar-refractivity contribution in [2.45, 2.75) is 0 Å². The van der Waals surface area contributed by atoms with E-state index in [4.69, 9.17) is 9.47 Å². The zero-order valence-corrected chi connectivity index (χ0v) is 11.5. The molecule has 3 rings (SSSR count). The van der Waals surface area contributed by atoms with Crippen molar-refractivity contribution in [1.82, 2.24) is 0 Å². The molecule has 1 aliphatic heterocycles. The lowest BCUT2D eigenvalue weighted by atomic mass is 10.2. The van der Waals surface area contributed by atoms with E-state index in [0.717, 1.165) is 16.2 Å². The maximum absolute atomic E-state index is 11.8. The van der Waals surface area contributed by atoms with Gasteiger partial charge in [0.1, 0.15) is 5.75 Å². The van der Waals surface area contributed by atoms with Crippen molar-refractivity contribution < 1.29 is 14.3 Å². The van der Waals surface area contributed by atoms with Crippen LogP contribution in [0.2, 0.25) is 0 Å². The molecule has 0 aliphatic carbocycles. The number of nitrogens with zero attached hydrogens (tertiary/aromatic N) is 1. The Morgan fingerprint density at radius 2 is 2.05 bits per heavy atom. The predicted octanol–water partition coefficient (Wildman–Crippen LogP) is 3.10. The molecule has 0 saturated heterocycles. The highest BCUT2D eigenvalue weighted by molar-refractivity contribution is 7.10. The van der Waals surface area contributed by atoms with E-state index in [-0.39, 0.29) is 0 Å². The molecule has 0 atom stereocenters. The third-order valence-electron chi connectivity index (χ3n) is 2.78. The van der Waals surface area contributed by atoms with Crippen LogP contribution < -0.4 is 4.74 Å². The molecule has 2 aromatic rings. The Balaban J connectivity index is 1.89. The predicted molar refractivity (Wildman–Crippen MR) is 77.9 cm³/mol. The Hall–Kier alpha value is -2.40. The standard InChI is InChI=1S/C15H11NO3S/c1-18-11-6-4-10(5-7-11)14-16-13(15(17)19-14)9-12-3-2-8-20-12/h2-9H,1H3/b13-9+. The average molecular weight is 285 g/mol. The number of hydrogen-bond acceptors (Lipinski definition) is 5. The van der Waals surface area contributed by atoms with Crippen molar-refractivity contribution in [1.29, 1.82) is 0 Å². The first kappa shape index (κ1) is 12.6. The van der Waals surface area contributed by atoms with Crippen molar-refractivity contribution in [2.75, 3.05) is 7.11 Å². The summed E-state index contributed by atoms with van der Waals surface area (Å²) in [6.07, 6.45) is 1.73. The second kappa shape index (κ2) is 5.30. The van der Waals surface area contributed by atoms with Crippen LogP contribution in [0.4, 0.5) is 0 Å². The van der Waals surface area contributed by atoms with Crippen LogP contribution >= 0.6 is 11.3 Å². The summed E-state index contributed by atoms with van der Waals surface area (Å²) < 4.78 is 10.3. The van der Waals surface area contributed by atoms with Crippen LogP contribution in [0.3, 0.4) is 0 Å². The molecule has 0 fully saturated rings. The Morgan fingerprint density at radius 3 is 2.70 bits per heavy atom. The number of cyclic esters (lactones) is 1. The first-order valence-corrected chi connectivity index (χ1v) is 6.85. The zero-order chi connectivity index (χ0) is 13.9. The van der Waals surface area contributed by atoms with Gasteiger partial charge in [-0.25, -0.2) is 9.79 Å². The van der Waals surface area contributed by atoms with Crippen LogP contribution in [-0.4, -0.2) is 19.0 Å². The fourth-order valence-electron chi connectivity index (χ4n) is 1.77. The summed E-state index contributed by atoms with van der Waals surface area (Å²) in [5, 5.41) is 1.95. The van der Waals surface area contributed by atoms with E-state index in [9.17, 15) is 4.79 Å². The summed E-state index contributed by atoms with van der Waals surface area (Å²) in [4.78, 5) is 17.0. The lowest BCUT2D eigenvalue weighted by Crippen LogP contribution is -2.05. The third kappa shape index (κ3) is 2.48. The summed E-state index contributed by atoms with van der Waals surface area (Å²) >= 11 is 1.54. The van der Waals surface area contributed by atoms with Gasteiger partial charge in [-0.2, -0.15) is 0 Å². The number of methoxy groups -OCH3 is 1. The Kier molecular flexibility index (Phi) is 3.35. The lowest BCUT2D eigenvalue weighted by molar-refractivity contribution is -0.129. The number of aliphatic imine (C=N–C) groups is 1. The topological polar surface area (TPSA) is 47.9 Å². The Morgan fingerprint density at radius 1 is 1.25 bits per heavy atom. The summed E-state index contributed by atoms with van der Waals surface area (Å²) in [7, 11) is 1.60. The van der Waals surface area contributed by atoms with Crippen molar-refractivity contribution in [3.8, 4) is 5.75 Å². The highest BCUT2D eigenvalue weighted by Gasteiger charge is 2.24. The number of esters is 1. The van der Waals surface area contributed by atoms with Crippen LogP contribution in [0.25, 0.3) is 6.08 Å². The second-order valence-electron chi connectivity index (χ2n) is 4.08. The van der Waals surface area contributed by atoms with E-state index in [2.05, 4.69) is 4.99 Å². The summed E-state index contributed by atoms with van der Waals surface area (Å²) in [5.74, 6) is 0.637. The van der Waals surface area contributed by atoms with Crippen LogP contribution in [0.5, 0.6) is 5.75 Å². The smallest absolute Gasteiger partial charge is 0.363 e. The molecule has 0 bridgehead atoms. The molecule has 1 aliphatic rings. The van der Waals surface area contributed by atoms with Gasteiger partial charge in [0.15, 0.2) is 5.70 Å². The number of hydrogen-bond donors (Lipinski definition) is 0. The number of benzene rings is 1. The van der Waals surface area contributed by atoms with Gasteiger partial charge in [0, 0.05) is 10.4 Å². The molecule has 0 N–H and O–H groups in total. The van der Waals surface area contributed by atoms with Gasteiger partial charge in [-0.15, -0.1) is 11.3 Å². The van der Waals surface area contributed by atoms with E-state index >= 15 is 0 Å². The normalized spacial score (nSPS) is 16.1. The summed E-state index contributed by atoms with van der Waals surface area (Å²) in [5.41, 5.74) is 1.06. The molecule has 1 aromatic heterocycles. The quantitative estimate of drug-likeness (QED) is 0.643. The molecule has 4 nitrogen and oxygen atoms in total. The summed E-state index contributed by atoms with van der Waals surface area (Å²) in [6.45, 7) is 0. The van der Waals surface area contributed by atoms with E-state index in [1.165, 1.54) is 0 Å². The lowest BCUT2D eigenvalue weighted by Gasteiger charge is -2.01. The van der Waals surface area contributed by atoms with Gasteiger partial charge >= 0.3 is 5.97 Å². The fraction of sp³-hybridized carbons (Fsp3) is 0.0667. The Bertz CT molecular complexity index is 684. The number of carbonyl (C=O) groups is 1. The van der Waals surface area contributed by atoms with Gasteiger partial charge in [-0.3, -0.25) is 0 Å². The number of carbonyl (C=O) groups excluding carboxylic acids is 1. The molecule has 0 spiro atoms. The molecule has 0 saturated carbocycles. The summed E-state index contributed by atoms with van der Waals surface area (Å²) in [6, 6.07) is 11.1. The van der Waals surface area contributed by atoms with Gasteiger partial charge in [-0.05, 0) is 41.8 Å². The molecule has 1 aromatic carbocycles. The molecule has 2 heterocycles. The first-order valence-electron chi connectivity index (χ1n) is 5.97. The molecule has 100 valence electrons. The van der Waals surface area contributed by atoms with Crippen molar-refractivity contribution in [2.24, 2.45) is 4.99 Å². The molecule has 0 unspecified atom stereocenters. The fourth-order valence-corrected chi connectivity index (χ4v) is 2.43. The van der Waals surface area contributed by atoms with Crippen molar-refractivity contribution >= 4 is 29.3 Å². The maximum atomic E-state index is 11.8. The van der Waals surface area contributed by atoms with Crippen molar-refractivity contribution in [3.05, 3.63) is 57.9 Å². The molecular weight excluding hydrogens is 274 g/mol. The third-order valence-corrected chi connectivity index (χ3v) is 3.60. The first-order chi connectivity index (χ1) is 9.76. The van der Waals surface area contributed by atoms with Gasteiger partial charge in [0.25, 0.3) is 0 Å².